The van der Waals surface area contributed by atoms with E-state index in [9.17, 15) is 0 Å². The SMILES string of the molecule is CC1OC1c1ccc(-c2ccc3c(c2)-c2cc(-c4ccc(CC5CO5)cc4)ccc2C3(C)C)cc1. The highest BCUT2D eigenvalue weighted by atomic mass is 16.6. The van der Waals surface area contributed by atoms with Crippen LogP contribution < -0.4 is 0 Å². The van der Waals surface area contributed by atoms with Crippen LogP contribution >= 0.6 is 0 Å². The minimum absolute atomic E-state index is 0.000837. The van der Waals surface area contributed by atoms with E-state index in [1.807, 2.05) is 0 Å². The summed E-state index contributed by atoms with van der Waals surface area (Å²) in [4.78, 5) is 0. The van der Waals surface area contributed by atoms with Crippen molar-refractivity contribution in [1.29, 1.82) is 0 Å². The van der Waals surface area contributed by atoms with Gasteiger partial charge in [0.2, 0.25) is 0 Å². The standard InChI is InChI=1S/C33H30O2/c1-20-32(35-20)24-10-8-23(9-11-24)26-13-15-31-29(18-26)28-17-25(12-14-30(28)33(31,2)3)22-6-4-21(5-7-22)16-27-19-34-27/h4-15,17-18,20,27,32H,16,19H2,1-3H3. The summed E-state index contributed by atoms with van der Waals surface area (Å²) in [6.07, 6.45) is 2.06. The van der Waals surface area contributed by atoms with Gasteiger partial charge in [-0.3, -0.25) is 0 Å². The van der Waals surface area contributed by atoms with Gasteiger partial charge in [0.05, 0.1) is 18.8 Å². The lowest BCUT2D eigenvalue weighted by molar-refractivity contribution is 0.383. The third-order valence-corrected chi connectivity index (χ3v) is 8.11. The molecule has 3 aliphatic rings. The number of hydrogen-bond acceptors (Lipinski definition) is 2. The van der Waals surface area contributed by atoms with Gasteiger partial charge in [0.25, 0.3) is 0 Å². The third kappa shape index (κ3) is 3.64. The first-order valence-electron chi connectivity index (χ1n) is 12.7. The highest BCUT2D eigenvalue weighted by Gasteiger charge is 2.36. The molecule has 7 rings (SSSR count). The maximum atomic E-state index is 5.64. The Balaban J connectivity index is 1.25. The molecule has 2 heterocycles. The van der Waals surface area contributed by atoms with Crippen molar-refractivity contribution in [3.05, 3.63) is 107 Å². The third-order valence-electron chi connectivity index (χ3n) is 8.11. The lowest BCUT2D eigenvalue weighted by Gasteiger charge is -2.21. The zero-order chi connectivity index (χ0) is 23.7. The second-order valence-electron chi connectivity index (χ2n) is 10.9. The number of rotatable bonds is 5. The van der Waals surface area contributed by atoms with Crippen molar-refractivity contribution in [2.45, 2.75) is 50.9 Å². The van der Waals surface area contributed by atoms with E-state index in [1.165, 1.54) is 55.6 Å². The zero-order valence-electron chi connectivity index (χ0n) is 20.5. The fraction of sp³-hybridized carbons (Fsp3) is 0.273. The van der Waals surface area contributed by atoms with Gasteiger partial charge in [0, 0.05) is 11.8 Å². The Hall–Kier alpha value is -3.20. The van der Waals surface area contributed by atoms with Crippen LogP contribution in [-0.2, 0) is 21.3 Å². The second kappa shape index (κ2) is 7.65. The Morgan fingerprint density at radius 2 is 1.20 bits per heavy atom. The van der Waals surface area contributed by atoms with E-state index in [1.54, 1.807) is 0 Å². The van der Waals surface area contributed by atoms with Gasteiger partial charge in [-0.05, 0) is 74.7 Å². The van der Waals surface area contributed by atoms with E-state index >= 15 is 0 Å². The second-order valence-corrected chi connectivity index (χ2v) is 10.9. The van der Waals surface area contributed by atoms with Crippen LogP contribution in [0.25, 0.3) is 33.4 Å². The average Bonchev–Trinajstić information content (AvgIpc) is 3.81. The molecule has 2 nitrogen and oxygen atoms in total. The Kier molecular flexibility index (Phi) is 4.61. The van der Waals surface area contributed by atoms with Crippen LogP contribution in [0.15, 0.2) is 84.9 Å². The molecule has 0 saturated carbocycles. The number of fused-ring (bicyclic) bond motifs is 3. The van der Waals surface area contributed by atoms with Crippen LogP contribution in [0.1, 0.15) is 49.1 Å². The lowest BCUT2D eigenvalue weighted by Crippen LogP contribution is -2.14. The first-order chi connectivity index (χ1) is 17.0. The van der Waals surface area contributed by atoms with Crippen LogP contribution in [0.3, 0.4) is 0 Å². The highest BCUT2D eigenvalue weighted by molar-refractivity contribution is 5.87. The van der Waals surface area contributed by atoms with Crippen molar-refractivity contribution in [1.82, 2.24) is 0 Å². The maximum Gasteiger partial charge on any atom is 0.109 e. The molecule has 0 N–H and O–H groups in total. The maximum absolute atomic E-state index is 5.64. The summed E-state index contributed by atoms with van der Waals surface area (Å²) in [6.45, 7) is 7.72. The van der Waals surface area contributed by atoms with E-state index in [0.717, 1.165) is 13.0 Å². The zero-order valence-corrected chi connectivity index (χ0v) is 20.5. The summed E-state index contributed by atoms with van der Waals surface area (Å²) in [6, 6.07) is 31.9. The van der Waals surface area contributed by atoms with Crippen LogP contribution in [-0.4, -0.2) is 18.8 Å². The minimum Gasteiger partial charge on any atom is -0.373 e. The molecule has 0 radical (unpaired) electrons. The van der Waals surface area contributed by atoms with Crippen LogP contribution in [0, 0.1) is 0 Å². The van der Waals surface area contributed by atoms with E-state index in [-0.39, 0.29) is 11.5 Å². The molecule has 2 saturated heterocycles. The predicted molar refractivity (Wildman–Crippen MR) is 142 cm³/mol. The molecule has 2 heteroatoms. The van der Waals surface area contributed by atoms with E-state index in [4.69, 9.17) is 9.47 Å². The first-order valence-corrected chi connectivity index (χ1v) is 12.7. The molecule has 0 spiro atoms. The molecule has 2 fully saturated rings. The summed E-state index contributed by atoms with van der Waals surface area (Å²) >= 11 is 0. The Bertz CT molecular complexity index is 1430. The molecule has 35 heavy (non-hydrogen) atoms. The fourth-order valence-corrected chi connectivity index (χ4v) is 5.81. The van der Waals surface area contributed by atoms with Crippen molar-refractivity contribution in [3.8, 4) is 33.4 Å². The van der Waals surface area contributed by atoms with E-state index in [0.29, 0.717) is 12.2 Å². The molecule has 4 aromatic rings. The van der Waals surface area contributed by atoms with Crippen molar-refractivity contribution >= 4 is 0 Å². The normalized spacial score (nSPS) is 23.0. The monoisotopic (exact) mass is 458 g/mol. The molecule has 2 aliphatic heterocycles. The topological polar surface area (TPSA) is 25.1 Å². The fourth-order valence-electron chi connectivity index (χ4n) is 5.81. The van der Waals surface area contributed by atoms with Crippen LogP contribution in [0.4, 0.5) is 0 Å². The van der Waals surface area contributed by atoms with Crippen molar-refractivity contribution in [2.75, 3.05) is 6.61 Å². The summed E-state index contributed by atoms with van der Waals surface area (Å²) in [7, 11) is 0. The van der Waals surface area contributed by atoms with Gasteiger partial charge in [-0.25, -0.2) is 0 Å². The Morgan fingerprint density at radius 1 is 0.714 bits per heavy atom. The summed E-state index contributed by atoms with van der Waals surface area (Å²) in [5.41, 5.74) is 13.2. The molecule has 1 aliphatic carbocycles. The first kappa shape index (κ1) is 21.1. The van der Waals surface area contributed by atoms with Crippen molar-refractivity contribution in [2.24, 2.45) is 0 Å². The molecule has 4 aromatic carbocycles. The van der Waals surface area contributed by atoms with Gasteiger partial charge in [-0.1, -0.05) is 86.6 Å². The molecule has 3 unspecified atom stereocenters. The number of epoxide rings is 2. The molecule has 3 atom stereocenters. The van der Waals surface area contributed by atoms with E-state index < -0.39 is 0 Å². The van der Waals surface area contributed by atoms with Crippen molar-refractivity contribution in [3.63, 3.8) is 0 Å². The largest absolute Gasteiger partial charge is 0.373 e. The predicted octanol–water partition coefficient (Wildman–Crippen LogP) is 7.73. The van der Waals surface area contributed by atoms with E-state index in [2.05, 4.69) is 106 Å². The molecular formula is C33H30O2. The van der Waals surface area contributed by atoms with Gasteiger partial charge >= 0.3 is 0 Å². The highest BCUT2D eigenvalue weighted by Crippen LogP contribution is 2.50. The van der Waals surface area contributed by atoms with Gasteiger partial charge < -0.3 is 9.47 Å². The number of benzene rings is 4. The summed E-state index contributed by atoms with van der Waals surface area (Å²) < 4.78 is 11.0. The molecular weight excluding hydrogens is 428 g/mol. The smallest absolute Gasteiger partial charge is 0.109 e. The Labute approximate surface area is 207 Å². The lowest BCUT2D eigenvalue weighted by atomic mass is 9.82. The molecule has 0 amide bonds. The van der Waals surface area contributed by atoms with Crippen LogP contribution in [0.5, 0.6) is 0 Å². The van der Waals surface area contributed by atoms with Crippen LogP contribution in [0.2, 0.25) is 0 Å². The van der Waals surface area contributed by atoms with Gasteiger partial charge in [-0.2, -0.15) is 0 Å². The minimum atomic E-state index is -0.000837. The van der Waals surface area contributed by atoms with Gasteiger partial charge in [0.15, 0.2) is 0 Å². The number of hydrogen-bond donors (Lipinski definition) is 0. The van der Waals surface area contributed by atoms with Gasteiger partial charge in [-0.15, -0.1) is 0 Å². The van der Waals surface area contributed by atoms with Crippen molar-refractivity contribution < 1.29 is 9.47 Å². The van der Waals surface area contributed by atoms with Gasteiger partial charge in [0.1, 0.15) is 6.10 Å². The molecule has 0 aromatic heterocycles. The molecule has 174 valence electrons. The molecule has 0 bridgehead atoms. The summed E-state index contributed by atoms with van der Waals surface area (Å²) in [5.74, 6) is 0. The summed E-state index contributed by atoms with van der Waals surface area (Å²) in [5, 5.41) is 0. The number of ether oxygens (including phenoxy) is 2. The Morgan fingerprint density at radius 3 is 1.69 bits per heavy atom. The average molecular weight is 459 g/mol. The quantitative estimate of drug-likeness (QED) is 0.286.